The summed E-state index contributed by atoms with van der Waals surface area (Å²) in [6.07, 6.45) is 3.05. The van der Waals surface area contributed by atoms with Crippen LogP contribution in [0.15, 0.2) is 48.5 Å². The zero-order valence-electron chi connectivity index (χ0n) is 20.0. The van der Waals surface area contributed by atoms with Gasteiger partial charge in [0.15, 0.2) is 0 Å². The maximum Gasteiger partial charge on any atom is 0.407 e. The SMILES string of the molecule is CC(CCC(=O)N1CC2CCCC2C1C(=O)O)NC(=O)OCC1c2ccccc2-c2ccccc21. The van der Waals surface area contributed by atoms with Crippen molar-refractivity contribution in [1.82, 2.24) is 10.2 Å². The number of amides is 2. The highest BCUT2D eigenvalue weighted by Crippen LogP contribution is 2.45. The molecular formula is C28H32N2O5. The van der Waals surface area contributed by atoms with Gasteiger partial charge >= 0.3 is 12.1 Å². The summed E-state index contributed by atoms with van der Waals surface area (Å²) in [5, 5.41) is 12.5. The van der Waals surface area contributed by atoms with E-state index in [1.165, 1.54) is 11.1 Å². The van der Waals surface area contributed by atoms with Gasteiger partial charge in [-0.1, -0.05) is 55.0 Å². The first-order valence-corrected chi connectivity index (χ1v) is 12.6. The van der Waals surface area contributed by atoms with Gasteiger partial charge in [0, 0.05) is 24.9 Å². The van der Waals surface area contributed by atoms with Crippen LogP contribution in [0.25, 0.3) is 11.1 Å². The Morgan fingerprint density at radius 3 is 2.37 bits per heavy atom. The quantitative estimate of drug-likeness (QED) is 0.617. The Morgan fingerprint density at radius 2 is 1.71 bits per heavy atom. The number of hydrogen-bond acceptors (Lipinski definition) is 4. The average Bonchev–Trinajstić information content (AvgIpc) is 3.52. The molecule has 2 fully saturated rings. The van der Waals surface area contributed by atoms with E-state index in [0.29, 0.717) is 18.9 Å². The number of rotatable bonds is 7. The van der Waals surface area contributed by atoms with Gasteiger partial charge in [-0.25, -0.2) is 9.59 Å². The number of nitrogens with one attached hydrogen (secondary N) is 1. The molecule has 2 amide bonds. The van der Waals surface area contributed by atoms with Crippen LogP contribution in [0, 0.1) is 11.8 Å². The molecule has 7 nitrogen and oxygen atoms in total. The summed E-state index contributed by atoms with van der Waals surface area (Å²) in [4.78, 5) is 38.7. The van der Waals surface area contributed by atoms with Crippen molar-refractivity contribution in [3.63, 3.8) is 0 Å². The third kappa shape index (κ3) is 4.51. The molecule has 5 rings (SSSR count). The van der Waals surface area contributed by atoms with Crippen LogP contribution in [0.1, 0.15) is 56.1 Å². The molecule has 0 spiro atoms. The van der Waals surface area contributed by atoms with E-state index in [0.717, 1.165) is 30.4 Å². The van der Waals surface area contributed by atoms with Gasteiger partial charge in [0.2, 0.25) is 5.91 Å². The second-order valence-corrected chi connectivity index (χ2v) is 10.1. The van der Waals surface area contributed by atoms with Gasteiger partial charge in [-0.05, 0) is 60.3 Å². The third-order valence-electron chi connectivity index (χ3n) is 7.96. The Labute approximate surface area is 205 Å². The largest absolute Gasteiger partial charge is 0.480 e. The van der Waals surface area contributed by atoms with E-state index in [4.69, 9.17) is 4.74 Å². The molecule has 0 aromatic heterocycles. The molecule has 4 unspecified atom stereocenters. The maximum absolute atomic E-state index is 12.8. The van der Waals surface area contributed by atoms with E-state index >= 15 is 0 Å². The number of alkyl carbamates (subject to hydrolysis) is 1. The number of carboxylic acids is 1. The lowest BCUT2D eigenvalue weighted by atomic mass is 9.94. The molecule has 4 atom stereocenters. The lowest BCUT2D eigenvalue weighted by Gasteiger charge is -2.25. The molecule has 2 aromatic carbocycles. The summed E-state index contributed by atoms with van der Waals surface area (Å²) < 4.78 is 5.59. The fraction of sp³-hybridized carbons (Fsp3) is 0.464. The Bertz CT molecular complexity index is 1090. The minimum atomic E-state index is -0.905. The first-order valence-electron chi connectivity index (χ1n) is 12.6. The lowest BCUT2D eigenvalue weighted by molar-refractivity contribution is -0.149. The van der Waals surface area contributed by atoms with Crippen LogP contribution in [-0.4, -0.2) is 53.2 Å². The summed E-state index contributed by atoms with van der Waals surface area (Å²) in [6.45, 7) is 2.61. The first-order chi connectivity index (χ1) is 16.9. The summed E-state index contributed by atoms with van der Waals surface area (Å²) in [5.41, 5.74) is 4.66. The van der Waals surface area contributed by atoms with Crippen LogP contribution in [0.5, 0.6) is 0 Å². The number of carbonyl (C=O) groups is 3. The number of carboxylic acid groups (broad SMARTS) is 1. The van der Waals surface area contributed by atoms with Crippen molar-refractivity contribution in [2.75, 3.05) is 13.2 Å². The monoisotopic (exact) mass is 476 g/mol. The van der Waals surface area contributed by atoms with Gasteiger partial charge in [0.25, 0.3) is 0 Å². The van der Waals surface area contributed by atoms with Crippen LogP contribution in [0.4, 0.5) is 4.79 Å². The van der Waals surface area contributed by atoms with E-state index < -0.39 is 18.1 Å². The normalized spacial score (nSPS) is 23.3. The molecule has 184 valence electrons. The molecule has 1 aliphatic heterocycles. The Hall–Kier alpha value is -3.35. The van der Waals surface area contributed by atoms with Crippen molar-refractivity contribution in [2.24, 2.45) is 11.8 Å². The molecule has 1 saturated heterocycles. The topological polar surface area (TPSA) is 95.9 Å². The molecule has 2 aromatic rings. The summed E-state index contributed by atoms with van der Waals surface area (Å²) >= 11 is 0. The van der Waals surface area contributed by atoms with Crippen molar-refractivity contribution >= 4 is 18.0 Å². The van der Waals surface area contributed by atoms with Crippen LogP contribution < -0.4 is 5.32 Å². The van der Waals surface area contributed by atoms with Crippen LogP contribution in [0.2, 0.25) is 0 Å². The van der Waals surface area contributed by atoms with Gasteiger partial charge in [0.1, 0.15) is 12.6 Å². The Morgan fingerprint density at radius 1 is 1.06 bits per heavy atom. The summed E-state index contributed by atoms with van der Waals surface area (Å²) in [6, 6.07) is 15.4. The number of hydrogen-bond donors (Lipinski definition) is 2. The number of carbonyl (C=O) groups excluding carboxylic acids is 2. The molecule has 3 aliphatic rings. The minimum absolute atomic E-state index is 0.00685. The summed E-state index contributed by atoms with van der Waals surface area (Å²) in [5.74, 6) is -0.678. The number of likely N-dealkylation sites (tertiary alicyclic amines) is 1. The predicted octanol–water partition coefficient (Wildman–Crippen LogP) is 4.41. The van der Waals surface area contributed by atoms with Crippen molar-refractivity contribution in [3.05, 3.63) is 59.7 Å². The van der Waals surface area contributed by atoms with Gasteiger partial charge in [-0.15, -0.1) is 0 Å². The molecule has 1 heterocycles. The molecule has 2 N–H and O–H groups in total. The highest BCUT2D eigenvalue weighted by atomic mass is 16.5. The lowest BCUT2D eigenvalue weighted by Crippen LogP contribution is -2.43. The standard InChI is InChI=1S/C28H32N2O5/c1-17(13-14-25(31)30-15-18-7-6-12-19(18)26(30)27(32)33)29-28(34)35-16-24-22-10-4-2-8-20(22)21-9-3-5-11-23(21)24/h2-5,8-11,17-19,24,26H,6-7,12-16H2,1H3,(H,29,34)(H,32,33). The van der Waals surface area contributed by atoms with Gasteiger partial charge in [-0.2, -0.15) is 0 Å². The van der Waals surface area contributed by atoms with E-state index in [9.17, 15) is 19.5 Å². The van der Waals surface area contributed by atoms with Gasteiger partial charge < -0.3 is 20.1 Å². The Kier molecular flexibility index (Phi) is 6.50. The fourth-order valence-corrected chi connectivity index (χ4v) is 6.28. The van der Waals surface area contributed by atoms with E-state index in [-0.39, 0.29) is 36.8 Å². The zero-order chi connectivity index (χ0) is 24.5. The van der Waals surface area contributed by atoms with E-state index in [2.05, 4.69) is 29.6 Å². The minimum Gasteiger partial charge on any atom is -0.480 e. The molecule has 7 heteroatoms. The fourth-order valence-electron chi connectivity index (χ4n) is 6.28. The first kappa shape index (κ1) is 23.4. The van der Waals surface area contributed by atoms with Crippen molar-refractivity contribution in [3.8, 4) is 11.1 Å². The number of fused-ring (bicyclic) bond motifs is 4. The number of benzene rings is 2. The average molecular weight is 477 g/mol. The molecule has 1 saturated carbocycles. The molecule has 35 heavy (non-hydrogen) atoms. The van der Waals surface area contributed by atoms with E-state index in [1.807, 2.05) is 31.2 Å². The van der Waals surface area contributed by atoms with Crippen molar-refractivity contribution < 1.29 is 24.2 Å². The predicted molar refractivity (Wildman–Crippen MR) is 131 cm³/mol. The highest BCUT2D eigenvalue weighted by Gasteiger charge is 2.49. The van der Waals surface area contributed by atoms with Crippen LogP contribution in [0.3, 0.4) is 0 Å². The molecular weight excluding hydrogens is 444 g/mol. The van der Waals surface area contributed by atoms with Crippen molar-refractivity contribution in [1.29, 1.82) is 0 Å². The van der Waals surface area contributed by atoms with Crippen LogP contribution in [-0.2, 0) is 14.3 Å². The number of nitrogens with zero attached hydrogens (tertiary/aromatic N) is 1. The maximum atomic E-state index is 12.8. The number of ether oxygens (including phenoxy) is 1. The van der Waals surface area contributed by atoms with Crippen LogP contribution >= 0.6 is 0 Å². The van der Waals surface area contributed by atoms with Crippen molar-refractivity contribution in [2.45, 2.75) is 57.0 Å². The highest BCUT2D eigenvalue weighted by molar-refractivity contribution is 5.85. The smallest absolute Gasteiger partial charge is 0.407 e. The molecule has 2 aliphatic carbocycles. The van der Waals surface area contributed by atoms with Gasteiger partial charge in [-0.3, -0.25) is 4.79 Å². The Balaban J connectivity index is 1.12. The second kappa shape index (κ2) is 9.72. The third-order valence-corrected chi connectivity index (χ3v) is 7.96. The molecule has 0 bridgehead atoms. The summed E-state index contributed by atoms with van der Waals surface area (Å²) in [7, 11) is 0. The van der Waals surface area contributed by atoms with E-state index in [1.54, 1.807) is 4.90 Å². The molecule has 0 radical (unpaired) electrons. The zero-order valence-corrected chi connectivity index (χ0v) is 20.0. The van der Waals surface area contributed by atoms with Gasteiger partial charge in [0.05, 0.1) is 0 Å². The number of aliphatic carboxylic acids is 1. The second-order valence-electron chi connectivity index (χ2n) is 10.1.